The summed E-state index contributed by atoms with van der Waals surface area (Å²) in [5, 5.41) is 0.680. The fraction of sp³-hybridized carbons (Fsp3) is 0.125. The molecule has 0 fully saturated rings. The average molecular weight is 182 g/mol. The lowest BCUT2D eigenvalue weighted by Crippen LogP contribution is -1.96. The maximum absolute atomic E-state index is 5.96. The fourth-order valence-electron chi connectivity index (χ4n) is 1.24. The molecule has 62 valence electrons. The summed E-state index contributed by atoms with van der Waals surface area (Å²) in [5.41, 5.74) is 7.34. The molecule has 1 aromatic carbocycles. The molecule has 0 atom stereocenters. The summed E-state index contributed by atoms with van der Waals surface area (Å²) in [6, 6.07) is 5.57. The highest BCUT2D eigenvalue weighted by Gasteiger charge is 2.06. The number of aryl methyl sites for hydroxylation is 1. The first-order valence-electron chi connectivity index (χ1n) is 3.56. The van der Waals surface area contributed by atoms with E-state index in [2.05, 4.69) is 4.98 Å². The van der Waals surface area contributed by atoms with Crippen molar-refractivity contribution in [2.24, 2.45) is 7.05 Å². The monoisotopic (exact) mass is 181 g/mol. The average Bonchev–Trinajstić information content (AvgIpc) is 2.29. The van der Waals surface area contributed by atoms with E-state index < -0.39 is 0 Å². The summed E-state index contributed by atoms with van der Waals surface area (Å²) >= 11 is 5.96. The standard InChI is InChI=1S/C8H8ClN3/c1-12-7-5(9)3-2-4-6(7)11-8(12)10/h2-4H,1H3,(H2,10,11). The number of para-hydroxylation sites is 1. The molecule has 0 radical (unpaired) electrons. The first-order chi connectivity index (χ1) is 5.70. The maximum atomic E-state index is 5.96. The maximum Gasteiger partial charge on any atom is 0.200 e. The van der Waals surface area contributed by atoms with Crippen molar-refractivity contribution < 1.29 is 0 Å². The first kappa shape index (κ1) is 7.43. The first-order valence-corrected chi connectivity index (χ1v) is 3.94. The van der Waals surface area contributed by atoms with Crippen LogP contribution in [0.5, 0.6) is 0 Å². The molecule has 0 amide bonds. The number of aromatic nitrogens is 2. The van der Waals surface area contributed by atoms with Crippen LogP contribution in [0.1, 0.15) is 0 Å². The second-order valence-electron chi connectivity index (χ2n) is 2.64. The Morgan fingerprint density at radius 1 is 1.50 bits per heavy atom. The third kappa shape index (κ3) is 0.865. The van der Waals surface area contributed by atoms with Gasteiger partial charge in [0.2, 0.25) is 5.95 Å². The van der Waals surface area contributed by atoms with Crippen LogP contribution in [-0.2, 0) is 7.05 Å². The number of nitrogens with zero attached hydrogens (tertiary/aromatic N) is 2. The Labute approximate surface area is 74.8 Å². The predicted octanol–water partition coefficient (Wildman–Crippen LogP) is 1.81. The van der Waals surface area contributed by atoms with Crippen molar-refractivity contribution in [3.63, 3.8) is 0 Å². The summed E-state index contributed by atoms with van der Waals surface area (Å²) in [6.07, 6.45) is 0. The third-order valence-corrected chi connectivity index (χ3v) is 2.18. The van der Waals surface area contributed by atoms with Crippen molar-refractivity contribution in [1.29, 1.82) is 0 Å². The minimum Gasteiger partial charge on any atom is -0.369 e. The largest absolute Gasteiger partial charge is 0.369 e. The smallest absolute Gasteiger partial charge is 0.200 e. The minimum absolute atomic E-state index is 0.484. The molecule has 0 aliphatic heterocycles. The van der Waals surface area contributed by atoms with E-state index >= 15 is 0 Å². The molecule has 0 saturated heterocycles. The fourth-order valence-corrected chi connectivity index (χ4v) is 1.54. The zero-order valence-electron chi connectivity index (χ0n) is 6.58. The van der Waals surface area contributed by atoms with E-state index in [-0.39, 0.29) is 0 Å². The zero-order chi connectivity index (χ0) is 8.72. The highest BCUT2D eigenvalue weighted by molar-refractivity contribution is 6.35. The van der Waals surface area contributed by atoms with Gasteiger partial charge in [-0.2, -0.15) is 0 Å². The molecule has 0 aliphatic rings. The van der Waals surface area contributed by atoms with Gasteiger partial charge in [-0.1, -0.05) is 17.7 Å². The topological polar surface area (TPSA) is 43.8 Å². The quantitative estimate of drug-likeness (QED) is 0.674. The van der Waals surface area contributed by atoms with Gasteiger partial charge in [0.05, 0.1) is 16.1 Å². The van der Waals surface area contributed by atoms with Gasteiger partial charge in [-0.15, -0.1) is 0 Å². The van der Waals surface area contributed by atoms with Gasteiger partial charge in [-0.05, 0) is 12.1 Å². The van der Waals surface area contributed by atoms with Crippen molar-refractivity contribution >= 4 is 28.6 Å². The lowest BCUT2D eigenvalue weighted by atomic mass is 10.3. The van der Waals surface area contributed by atoms with Crippen LogP contribution >= 0.6 is 11.6 Å². The Hall–Kier alpha value is -1.22. The summed E-state index contributed by atoms with van der Waals surface area (Å²) in [5.74, 6) is 0.484. The minimum atomic E-state index is 0.484. The van der Waals surface area contributed by atoms with E-state index in [4.69, 9.17) is 17.3 Å². The number of fused-ring (bicyclic) bond motifs is 1. The Morgan fingerprint density at radius 3 is 2.92 bits per heavy atom. The number of halogens is 1. The summed E-state index contributed by atoms with van der Waals surface area (Å²) in [6.45, 7) is 0. The molecule has 12 heavy (non-hydrogen) atoms. The van der Waals surface area contributed by atoms with Gasteiger partial charge >= 0.3 is 0 Å². The van der Waals surface area contributed by atoms with E-state index in [9.17, 15) is 0 Å². The van der Waals surface area contributed by atoms with Gasteiger partial charge in [-0.3, -0.25) is 0 Å². The van der Waals surface area contributed by atoms with E-state index in [1.165, 1.54) is 0 Å². The lowest BCUT2D eigenvalue weighted by molar-refractivity contribution is 0.965. The Bertz CT molecular complexity index is 433. The van der Waals surface area contributed by atoms with Gasteiger partial charge < -0.3 is 10.3 Å². The van der Waals surface area contributed by atoms with Crippen LogP contribution in [-0.4, -0.2) is 9.55 Å². The lowest BCUT2D eigenvalue weighted by Gasteiger charge is -1.97. The number of rotatable bonds is 0. The van der Waals surface area contributed by atoms with Crippen molar-refractivity contribution in [2.45, 2.75) is 0 Å². The molecule has 0 bridgehead atoms. The Balaban J connectivity index is 2.97. The van der Waals surface area contributed by atoms with Gasteiger partial charge in [0.25, 0.3) is 0 Å². The zero-order valence-corrected chi connectivity index (χ0v) is 7.34. The molecule has 1 heterocycles. The molecule has 0 unspecified atom stereocenters. The number of hydrogen-bond acceptors (Lipinski definition) is 2. The normalized spacial score (nSPS) is 10.8. The summed E-state index contributed by atoms with van der Waals surface area (Å²) in [4.78, 5) is 4.13. The SMILES string of the molecule is Cn1c(N)nc2cccc(Cl)c21. The van der Waals surface area contributed by atoms with Gasteiger partial charge in [0.15, 0.2) is 0 Å². The van der Waals surface area contributed by atoms with Crippen LogP contribution in [0.2, 0.25) is 5.02 Å². The van der Waals surface area contributed by atoms with Crippen molar-refractivity contribution in [1.82, 2.24) is 9.55 Å². The molecule has 2 aromatic rings. The summed E-state index contributed by atoms with van der Waals surface area (Å²) < 4.78 is 1.78. The van der Waals surface area contributed by atoms with Gasteiger partial charge in [-0.25, -0.2) is 4.98 Å². The van der Waals surface area contributed by atoms with Crippen molar-refractivity contribution in [3.8, 4) is 0 Å². The second kappa shape index (κ2) is 2.38. The molecule has 0 saturated carbocycles. The predicted molar refractivity (Wildman–Crippen MR) is 50.1 cm³/mol. The van der Waals surface area contributed by atoms with Crippen LogP contribution in [0.3, 0.4) is 0 Å². The second-order valence-corrected chi connectivity index (χ2v) is 3.04. The number of nitrogens with two attached hydrogens (primary N) is 1. The van der Waals surface area contributed by atoms with Crippen molar-refractivity contribution in [2.75, 3.05) is 5.73 Å². The van der Waals surface area contributed by atoms with Gasteiger partial charge in [0.1, 0.15) is 0 Å². The molecule has 2 N–H and O–H groups in total. The van der Waals surface area contributed by atoms with E-state index in [1.807, 2.05) is 25.2 Å². The third-order valence-electron chi connectivity index (χ3n) is 1.88. The number of imidazole rings is 1. The molecule has 0 aliphatic carbocycles. The molecule has 4 heteroatoms. The number of nitrogen functional groups attached to an aromatic ring is 1. The van der Waals surface area contributed by atoms with Crippen LogP contribution in [0.25, 0.3) is 11.0 Å². The van der Waals surface area contributed by atoms with Crippen LogP contribution < -0.4 is 5.73 Å². The van der Waals surface area contributed by atoms with E-state index in [0.717, 1.165) is 11.0 Å². The molecule has 3 nitrogen and oxygen atoms in total. The number of anilines is 1. The summed E-state index contributed by atoms with van der Waals surface area (Å²) in [7, 11) is 1.84. The van der Waals surface area contributed by atoms with E-state index in [0.29, 0.717) is 11.0 Å². The Morgan fingerprint density at radius 2 is 2.25 bits per heavy atom. The highest BCUT2D eigenvalue weighted by Crippen LogP contribution is 2.23. The van der Waals surface area contributed by atoms with Crippen LogP contribution in [0.15, 0.2) is 18.2 Å². The number of hydrogen-bond donors (Lipinski definition) is 1. The molecule has 0 spiro atoms. The Kier molecular flexibility index (Phi) is 1.48. The molecular formula is C8H8ClN3. The van der Waals surface area contributed by atoms with Gasteiger partial charge in [0, 0.05) is 7.05 Å². The van der Waals surface area contributed by atoms with E-state index in [1.54, 1.807) is 4.57 Å². The molecule has 1 aromatic heterocycles. The highest BCUT2D eigenvalue weighted by atomic mass is 35.5. The van der Waals surface area contributed by atoms with Crippen LogP contribution in [0, 0.1) is 0 Å². The van der Waals surface area contributed by atoms with Crippen LogP contribution in [0.4, 0.5) is 5.95 Å². The molecular weight excluding hydrogens is 174 g/mol. The molecule has 2 rings (SSSR count). The van der Waals surface area contributed by atoms with Crippen molar-refractivity contribution in [3.05, 3.63) is 23.2 Å². The number of benzene rings is 1.